The van der Waals surface area contributed by atoms with Crippen molar-refractivity contribution in [3.63, 3.8) is 0 Å². The number of phenolic OH excluding ortho intramolecular Hbond substituents is 3. The lowest BCUT2D eigenvalue weighted by atomic mass is 10.0. The van der Waals surface area contributed by atoms with E-state index in [1.807, 2.05) is 0 Å². The molecule has 0 saturated carbocycles. The number of aromatic nitrogens is 1. The van der Waals surface area contributed by atoms with Crippen LogP contribution in [0.3, 0.4) is 0 Å². The van der Waals surface area contributed by atoms with E-state index in [-0.39, 0.29) is 17.0 Å². The number of ketones is 1. The van der Waals surface area contributed by atoms with Crippen LogP contribution in [0.4, 0.5) is 0 Å². The van der Waals surface area contributed by atoms with Crippen molar-refractivity contribution in [3.05, 3.63) is 41.7 Å². The molecule has 0 amide bonds. The Labute approximate surface area is 101 Å². The average molecular weight is 247 g/mol. The summed E-state index contributed by atoms with van der Waals surface area (Å²) < 4.78 is 0. The van der Waals surface area contributed by atoms with Crippen molar-refractivity contribution in [2.24, 2.45) is 0 Å². The maximum Gasteiger partial charge on any atom is 0.219 e. The minimum absolute atomic E-state index is 0.252. The minimum Gasteiger partial charge on any atom is -0.506 e. The third-order valence-corrected chi connectivity index (χ3v) is 2.38. The van der Waals surface area contributed by atoms with E-state index >= 15 is 0 Å². The Balaban J connectivity index is 2.54. The van der Waals surface area contributed by atoms with Crippen LogP contribution < -0.4 is 0 Å². The molecule has 0 saturated heterocycles. The number of carbonyl (C=O) groups is 1. The van der Waals surface area contributed by atoms with Crippen LogP contribution in [0.2, 0.25) is 0 Å². The van der Waals surface area contributed by atoms with Crippen molar-refractivity contribution < 1.29 is 25.2 Å². The molecule has 0 aliphatic carbocycles. The zero-order valence-corrected chi connectivity index (χ0v) is 9.03. The summed E-state index contributed by atoms with van der Waals surface area (Å²) in [6.07, 6.45) is 1.31. The van der Waals surface area contributed by atoms with Crippen molar-refractivity contribution in [3.8, 4) is 23.0 Å². The van der Waals surface area contributed by atoms with Gasteiger partial charge in [0.1, 0.15) is 5.75 Å². The highest BCUT2D eigenvalue weighted by atomic mass is 16.3. The third kappa shape index (κ3) is 1.80. The van der Waals surface area contributed by atoms with Crippen molar-refractivity contribution in [2.45, 2.75) is 0 Å². The normalized spacial score (nSPS) is 10.2. The zero-order valence-electron chi connectivity index (χ0n) is 9.03. The lowest BCUT2D eigenvalue weighted by molar-refractivity contribution is 0.102. The van der Waals surface area contributed by atoms with Crippen molar-refractivity contribution in [1.29, 1.82) is 0 Å². The van der Waals surface area contributed by atoms with Gasteiger partial charge in [-0.1, -0.05) is 0 Å². The standard InChI is InChI=1S/C12H9NO5/c14-7-2-1-5-13-9(7)10(16)6-3-4-8(15)12(18)11(6)17/h1-5,14-15,17-18H. The Morgan fingerprint density at radius 1 is 0.944 bits per heavy atom. The van der Waals surface area contributed by atoms with Crippen molar-refractivity contribution >= 4 is 5.78 Å². The first kappa shape index (κ1) is 11.7. The SMILES string of the molecule is O=C(c1ccc(O)c(O)c1O)c1ncccc1O. The minimum atomic E-state index is -0.795. The molecule has 0 bridgehead atoms. The molecule has 92 valence electrons. The van der Waals surface area contributed by atoms with Gasteiger partial charge in [-0.3, -0.25) is 4.79 Å². The summed E-state index contributed by atoms with van der Waals surface area (Å²) >= 11 is 0. The molecule has 1 aromatic carbocycles. The predicted octanol–water partition coefficient (Wildman–Crippen LogP) is 1.13. The number of carbonyl (C=O) groups excluding carboxylic acids is 1. The van der Waals surface area contributed by atoms with Gasteiger partial charge in [0, 0.05) is 6.20 Å². The number of hydrogen-bond acceptors (Lipinski definition) is 6. The maximum atomic E-state index is 12.0. The van der Waals surface area contributed by atoms with E-state index in [4.69, 9.17) is 5.11 Å². The third-order valence-electron chi connectivity index (χ3n) is 2.38. The van der Waals surface area contributed by atoms with Gasteiger partial charge in [-0.15, -0.1) is 0 Å². The molecule has 0 aliphatic rings. The Hall–Kier alpha value is -2.76. The second-order valence-corrected chi connectivity index (χ2v) is 3.53. The number of aromatic hydroxyl groups is 4. The molecule has 4 N–H and O–H groups in total. The molecule has 2 aromatic rings. The summed E-state index contributed by atoms with van der Waals surface area (Å²) in [5.74, 6) is -3.20. The average Bonchev–Trinajstić information content (AvgIpc) is 2.36. The first-order chi connectivity index (χ1) is 8.52. The first-order valence-corrected chi connectivity index (χ1v) is 4.95. The smallest absolute Gasteiger partial charge is 0.219 e. The van der Waals surface area contributed by atoms with Gasteiger partial charge in [-0.2, -0.15) is 0 Å². The van der Waals surface area contributed by atoms with Gasteiger partial charge in [0.15, 0.2) is 17.2 Å². The Morgan fingerprint density at radius 3 is 2.33 bits per heavy atom. The molecule has 0 atom stereocenters. The molecule has 6 nitrogen and oxygen atoms in total. The molecule has 0 fully saturated rings. The molecule has 6 heteroatoms. The van der Waals surface area contributed by atoms with Gasteiger partial charge in [0.25, 0.3) is 0 Å². The molecular weight excluding hydrogens is 238 g/mol. The summed E-state index contributed by atoms with van der Waals surface area (Å²) in [6.45, 7) is 0. The van der Waals surface area contributed by atoms with Crippen LogP contribution in [0.1, 0.15) is 16.1 Å². The molecule has 2 rings (SSSR count). The van der Waals surface area contributed by atoms with Crippen LogP contribution in [-0.4, -0.2) is 31.2 Å². The highest BCUT2D eigenvalue weighted by molar-refractivity contribution is 6.11. The summed E-state index contributed by atoms with van der Waals surface area (Å²) in [5.41, 5.74) is -0.516. The molecule has 1 heterocycles. The molecule has 0 spiro atoms. The fourth-order valence-corrected chi connectivity index (χ4v) is 1.45. The van der Waals surface area contributed by atoms with Crippen molar-refractivity contribution in [1.82, 2.24) is 4.98 Å². The van der Waals surface area contributed by atoms with Crippen LogP contribution >= 0.6 is 0 Å². The second-order valence-electron chi connectivity index (χ2n) is 3.53. The molecular formula is C12H9NO5. The summed E-state index contributed by atoms with van der Waals surface area (Å²) in [4.78, 5) is 15.7. The summed E-state index contributed by atoms with van der Waals surface area (Å²) in [6, 6.07) is 4.90. The molecule has 0 radical (unpaired) electrons. The Morgan fingerprint density at radius 2 is 1.67 bits per heavy atom. The Bertz CT molecular complexity index is 624. The van der Waals surface area contributed by atoms with Crippen LogP contribution in [0.25, 0.3) is 0 Å². The highest BCUT2D eigenvalue weighted by Crippen LogP contribution is 2.38. The molecule has 18 heavy (non-hydrogen) atoms. The summed E-state index contributed by atoms with van der Waals surface area (Å²) in [5, 5.41) is 37.5. The van der Waals surface area contributed by atoms with Crippen LogP contribution in [0.5, 0.6) is 23.0 Å². The largest absolute Gasteiger partial charge is 0.506 e. The van der Waals surface area contributed by atoms with Crippen LogP contribution in [0, 0.1) is 0 Å². The van der Waals surface area contributed by atoms with E-state index in [1.165, 1.54) is 18.3 Å². The summed E-state index contributed by atoms with van der Waals surface area (Å²) in [7, 11) is 0. The quantitative estimate of drug-likeness (QED) is 0.467. The fraction of sp³-hybridized carbons (Fsp3) is 0. The fourth-order valence-electron chi connectivity index (χ4n) is 1.45. The number of rotatable bonds is 2. The van der Waals surface area contributed by atoms with E-state index in [1.54, 1.807) is 0 Å². The number of benzene rings is 1. The Kier molecular flexibility index (Phi) is 2.77. The van der Waals surface area contributed by atoms with Gasteiger partial charge in [0.2, 0.25) is 11.5 Å². The van der Waals surface area contributed by atoms with Gasteiger partial charge in [-0.25, -0.2) is 4.98 Å². The lowest BCUT2D eigenvalue weighted by Gasteiger charge is -2.07. The zero-order chi connectivity index (χ0) is 13.3. The van der Waals surface area contributed by atoms with E-state index in [9.17, 15) is 20.1 Å². The second kappa shape index (κ2) is 4.25. The molecule has 0 aliphatic heterocycles. The van der Waals surface area contributed by atoms with Crippen LogP contribution in [0.15, 0.2) is 30.5 Å². The van der Waals surface area contributed by atoms with Gasteiger partial charge < -0.3 is 20.4 Å². The number of nitrogens with zero attached hydrogens (tertiary/aromatic N) is 1. The van der Waals surface area contributed by atoms with Gasteiger partial charge in [-0.05, 0) is 24.3 Å². The van der Waals surface area contributed by atoms with E-state index < -0.39 is 23.0 Å². The maximum absolute atomic E-state index is 12.0. The van der Waals surface area contributed by atoms with E-state index in [0.717, 1.165) is 12.1 Å². The molecule has 0 unspecified atom stereocenters. The number of phenols is 3. The van der Waals surface area contributed by atoms with Gasteiger partial charge >= 0.3 is 0 Å². The lowest BCUT2D eigenvalue weighted by Crippen LogP contribution is -2.04. The van der Waals surface area contributed by atoms with E-state index in [0.29, 0.717) is 0 Å². The number of hydrogen-bond donors (Lipinski definition) is 4. The molecule has 1 aromatic heterocycles. The predicted molar refractivity (Wildman–Crippen MR) is 60.8 cm³/mol. The van der Waals surface area contributed by atoms with Crippen molar-refractivity contribution in [2.75, 3.05) is 0 Å². The first-order valence-electron chi connectivity index (χ1n) is 4.95. The van der Waals surface area contributed by atoms with E-state index in [2.05, 4.69) is 4.98 Å². The van der Waals surface area contributed by atoms with Gasteiger partial charge in [0.05, 0.1) is 5.56 Å². The number of pyridine rings is 1. The monoisotopic (exact) mass is 247 g/mol. The topological polar surface area (TPSA) is 111 Å². The highest BCUT2D eigenvalue weighted by Gasteiger charge is 2.21. The van der Waals surface area contributed by atoms with Crippen LogP contribution in [-0.2, 0) is 0 Å².